The summed E-state index contributed by atoms with van der Waals surface area (Å²) in [5.74, 6) is 0.427. The lowest BCUT2D eigenvalue weighted by Crippen LogP contribution is -2.37. The molecule has 3 N–H and O–H groups in total. The lowest BCUT2D eigenvalue weighted by Gasteiger charge is -2.11. The van der Waals surface area contributed by atoms with E-state index >= 15 is 0 Å². The number of aryl methyl sites for hydroxylation is 1. The molecule has 0 aromatic heterocycles. The van der Waals surface area contributed by atoms with Crippen molar-refractivity contribution < 1.29 is 9.18 Å². The van der Waals surface area contributed by atoms with Crippen LogP contribution in [0.25, 0.3) is 0 Å². The summed E-state index contributed by atoms with van der Waals surface area (Å²) in [7, 11) is 1.61. The van der Waals surface area contributed by atoms with Gasteiger partial charge in [0.2, 0.25) is 0 Å². The van der Waals surface area contributed by atoms with Crippen molar-refractivity contribution in [3.8, 4) is 0 Å². The van der Waals surface area contributed by atoms with Crippen molar-refractivity contribution in [2.75, 3.05) is 20.1 Å². The fourth-order valence-corrected chi connectivity index (χ4v) is 2.96. The van der Waals surface area contributed by atoms with Gasteiger partial charge in [0.15, 0.2) is 5.96 Å². The minimum atomic E-state index is -0.185. The third-order valence-corrected chi connectivity index (χ3v) is 4.63. The molecule has 2 rings (SSSR count). The summed E-state index contributed by atoms with van der Waals surface area (Å²) in [5, 5.41) is 9.08. The van der Waals surface area contributed by atoms with Gasteiger partial charge in [-0.25, -0.2) is 9.38 Å². The third-order valence-electron chi connectivity index (χ3n) is 4.14. The fraction of sp³-hybridized carbons (Fsp3) is 0.333. The largest absolute Gasteiger partial charge is 0.357 e. The maximum absolute atomic E-state index is 13.9. The number of carbonyl (C=O) groups excluding carboxylic acids is 1. The van der Waals surface area contributed by atoms with Crippen LogP contribution in [0.1, 0.15) is 34.8 Å². The molecule has 1 amide bonds. The number of nitrogens with zero attached hydrogens (tertiary/aromatic N) is 1. The van der Waals surface area contributed by atoms with Gasteiger partial charge in [-0.2, -0.15) is 0 Å². The van der Waals surface area contributed by atoms with Crippen molar-refractivity contribution in [3.05, 3.63) is 69.4 Å². The van der Waals surface area contributed by atoms with E-state index < -0.39 is 0 Å². The number of aliphatic imine (C=N–C) groups is 1. The maximum Gasteiger partial charge on any atom is 0.251 e. The van der Waals surface area contributed by atoms with Gasteiger partial charge >= 0.3 is 0 Å². The molecule has 0 unspecified atom stereocenters. The molecule has 5 nitrogen and oxygen atoms in total. The summed E-state index contributed by atoms with van der Waals surface area (Å²) >= 11 is 3.27. The van der Waals surface area contributed by atoms with Gasteiger partial charge in [0.1, 0.15) is 5.82 Å². The Morgan fingerprint density at radius 3 is 2.48 bits per heavy atom. The highest BCUT2D eigenvalue weighted by atomic mass is 127. The summed E-state index contributed by atoms with van der Waals surface area (Å²) in [6.45, 7) is 3.96. The Hall–Kier alpha value is -1.68. The predicted octanol–water partition coefficient (Wildman–Crippen LogP) is 4.25. The summed E-state index contributed by atoms with van der Waals surface area (Å²) in [4.78, 5) is 16.1. The Bertz CT molecular complexity index is 815. The van der Waals surface area contributed by atoms with Gasteiger partial charge in [-0.05, 0) is 55.2 Å². The van der Waals surface area contributed by atoms with Gasteiger partial charge in [0, 0.05) is 30.2 Å². The van der Waals surface area contributed by atoms with Crippen molar-refractivity contribution in [1.82, 2.24) is 16.0 Å². The van der Waals surface area contributed by atoms with E-state index in [2.05, 4.69) is 36.9 Å². The first kappa shape index (κ1) is 25.4. The second kappa shape index (κ2) is 13.5. The van der Waals surface area contributed by atoms with Crippen LogP contribution in [0.4, 0.5) is 4.39 Å². The number of carbonyl (C=O) groups is 1. The van der Waals surface area contributed by atoms with Crippen molar-refractivity contribution in [2.45, 2.75) is 26.3 Å². The second-order valence-electron chi connectivity index (χ2n) is 6.24. The summed E-state index contributed by atoms with van der Waals surface area (Å²) in [6, 6.07) is 12.5. The first-order chi connectivity index (χ1) is 13.5. The van der Waals surface area contributed by atoms with Gasteiger partial charge < -0.3 is 16.0 Å². The molecule has 0 aliphatic carbocycles. The van der Waals surface area contributed by atoms with Crippen molar-refractivity contribution >= 4 is 51.8 Å². The van der Waals surface area contributed by atoms with Gasteiger partial charge in [-0.1, -0.05) is 34.1 Å². The van der Waals surface area contributed by atoms with Crippen molar-refractivity contribution in [2.24, 2.45) is 4.99 Å². The molecule has 158 valence electrons. The molecule has 0 fully saturated rings. The van der Waals surface area contributed by atoms with E-state index in [0.29, 0.717) is 36.6 Å². The zero-order chi connectivity index (χ0) is 20.4. The first-order valence-corrected chi connectivity index (χ1v) is 10.1. The fourth-order valence-electron chi connectivity index (χ4n) is 2.63. The molecule has 0 heterocycles. The molecule has 0 spiro atoms. The van der Waals surface area contributed by atoms with E-state index in [0.717, 1.165) is 23.0 Å². The van der Waals surface area contributed by atoms with Gasteiger partial charge in [0.25, 0.3) is 5.91 Å². The standard InChI is InChI=1S/C21H26BrFN4O.HI/c1-3-25-21(26-12-4-5-16-10-11-18(22)13-19(16)23)27-14-15-6-8-17(9-7-15)20(28)24-2;/h6-11,13H,3-5,12,14H2,1-2H3,(H,24,28)(H2,25,26,27);1H. The van der Waals surface area contributed by atoms with Crippen LogP contribution in [0.15, 0.2) is 51.9 Å². The van der Waals surface area contributed by atoms with Crippen molar-refractivity contribution in [1.29, 1.82) is 0 Å². The monoisotopic (exact) mass is 576 g/mol. The summed E-state index contributed by atoms with van der Waals surface area (Å²) in [5.41, 5.74) is 2.35. The Morgan fingerprint density at radius 2 is 1.86 bits per heavy atom. The molecular formula is C21H27BrFIN4O. The first-order valence-electron chi connectivity index (χ1n) is 9.30. The minimum absolute atomic E-state index is 0. The molecule has 0 atom stereocenters. The van der Waals surface area contributed by atoms with E-state index in [1.165, 1.54) is 6.07 Å². The molecule has 0 radical (unpaired) electrons. The highest BCUT2D eigenvalue weighted by Crippen LogP contribution is 2.16. The molecular weight excluding hydrogens is 550 g/mol. The van der Waals surface area contributed by atoms with E-state index in [1.807, 2.05) is 25.1 Å². The lowest BCUT2D eigenvalue weighted by molar-refractivity contribution is 0.0963. The van der Waals surface area contributed by atoms with Crippen LogP contribution in [0.5, 0.6) is 0 Å². The average molecular weight is 577 g/mol. The summed E-state index contributed by atoms with van der Waals surface area (Å²) in [6.07, 6.45) is 1.45. The minimum Gasteiger partial charge on any atom is -0.357 e. The molecule has 2 aromatic carbocycles. The zero-order valence-corrected chi connectivity index (χ0v) is 20.5. The van der Waals surface area contributed by atoms with E-state index in [4.69, 9.17) is 0 Å². The topological polar surface area (TPSA) is 65.5 Å². The zero-order valence-electron chi connectivity index (χ0n) is 16.6. The van der Waals surface area contributed by atoms with E-state index in [1.54, 1.807) is 25.2 Å². The summed E-state index contributed by atoms with van der Waals surface area (Å²) < 4.78 is 14.6. The van der Waals surface area contributed by atoms with Gasteiger partial charge in [-0.3, -0.25) is 4.79 Å². The number of guanidine groups is 1. The van der Waals surface area contributed by atoms with Crippen LogP contribution in [-0.4, -0.2) is 32.0 Å². The Kier molecular flexibility index (Phi) is 11.8. The number of benzene rings is 2. The number of nitrogens with one attached hydrogen (secondary N) is 3. The van der Waals surface area contributed by atoms with Crippen LogP contribution >= 0.6 is 39.9 Å². The number of hydrogen-bond acceptors (Lipinski definition) is 2. The molecule has 8 heteroatoms. The highest BCUT2D eigenvalue weighted by molar-refractivity contribution is 14.0. The molecule has 0 aliphatic rings. The Morgan fingerprint density at radius 1 is 1.14 bits per heavy atom. The molecule has 2 aromatic rings. The van der Waals surface area contributed by atoms with Crippen LogP contribution < -0.4 is 16.0 Å². The van der Waals surface area contributed by atoms with E-state index in [9.17, 15) is 9.18 Å². The van der Waals surface area contributed by atoms with Crippen LogP contribution in [0.2, 0.25) is 0 Å². The SMILES string of the molecule is CCNC(=NCc1ccc(C(=O)NC)cc1)NCCCc1ccc(Br)cc1F.I. The normalized spacial score (nSPS) is 10.8. The molecule has 0 saturated heterocycles. The molecule has 0 aliphatic heterocycles. The number of rotatable bonds is 8. The molecule has 0 saturated carbocycles. The van der Waals surface area contributed by atoms with E-state index in [-0.39, 0.29) is 35.7 Å². The number of hydrogen-bond donors (Lipinski definition) is 3. The van der Waals surface area contributed by atoms with Gasteiger partial charge in [0.05, 0.1) is 6.54 Å². The third kappa shape index (κ3) is 8.69. The smallest absolute Gasteiger partial charge is 0.251 e. The molecule has 29 heavy (non-hydrogen) atoms. The predicted molar refractivity (Wildman–Crippen MR) is 130 cm³/mol. The Labute approximate surface area is 197 Å². The van der Waals surface area contributed by atoms with Crippen LogP contribution in [0, 0.1) is 5.82 Å². The Balaban J connectivity index is 0.00000420. The lowest BCUT2D eigenvalue weighted by atomic mass is 10.1. The van der Waals surface area contributed by atoms with Crippen LogP contribution in [0.3, 0.4) is 0 Å². The van der Waals surface area contributed by atoms with Gasteiger partial charge in [-0.15, -0.1) is 24.0 Å². The van der Waals surface area contributed by atoms with Crippen molar-refractivity contribution in [3.63, 3.8) is 0 Å². The molecule has 0 bridgehead atoms. The second-order valence-corrected chi connectivity index (χ2v) is 7.15. The maximum atomic E-state index is 13.9. The van der Waals surface area contributed by atoms with Crippen LogP contribution in [-0.2, 0) is 13.0 Å². The number of amides is 1. The average Bonchev–Trinajstić information content (AvgIpc) is 2.70. The highest BCUT2D eigenvalue weighted by Gasteiger charge is 2.04. The quantitative estimate of drug-likeness (QED) is 0.190. The number of halogens is 3.